The van der Waals surface area contributed by atoms with E-state index in [1.54, 1.807) is 0 Å². The number of alkyl halides is 1. The molecule has 1 aliphatic rings. The Hall–Kier alpha value is -0.0600. The van der Waals surface area contributed by atoms with Crippen LogP contribution in [0.2, 0.25) is 0 Å². The lowest BCUT2D eigenvalue weighted by Crippen LogP contribution is -2.10. The highest BCUT2D eigenvalue weighted by Gasteiger charge is 2.33. The fourth-order valence-corrected chi connectivity index (χ4v) is 4.80. The molecule has 17 heavy (non-hydrogen) atoms. The SMILES string of the molecule is Cc1ccc(C(Cl)C2CCS(=O)(=O)C2)cc1Br. The zero-order chi connectivity index (χ0) is 12.6. The third-order valence-corrected chi connectivity index (χ3v) is 6.45. The number of benzene rings is 1. The average Bonchev–Trinajstić information content (AvgIpc) is 2.62. The molecule has 0 radical (unpaired) electrons. The van der Waals surface area contributed by atoms with Crippen molar-refractivity contribution in [3.8, 4) is 0 Å². The highest BCUT2D eigenvalue weighted by atomic mass is 79.9. The number of rotatable bonds is 2. The zero-order valence-corrected chi connectivity index (χ0v) is 12.6. The van der Waals surface area contributed by atoms with Gasteiger partial charge in [-0.2, -0.15) is 0 Å². The van der Waals surface area contributed by atoms with E-state index in [9.17, 15) is 8.42 Å². The number of aryl methyl sites for hydroxylation is 1. The maximum absolute atomic E-state index is 11.4. The highest BCUT2D eigenvalue weighted by molar-refractivity contribution is 9.10. The van der Waals surface area contributed by atoms with Crippen LogP contribution >= 0.6 is 27.5 Å². The third-order valence-electron chi connectivity index (χ3n) is 3.20. The molecule has 1 aliphatic heterocycles. The van der Waals surface area contributed by atoms with E-state index in [2.05, 4.69) is 15.9 Å². The van der Waals surface area contributed by atoms with Gasteiger partial charge in [-0.05, 0) is 36.5 Å². The Kier molecular flexibility index (Phi) is 3.86. The Morgan fingerprint density at radius 2 is 2.18 bits per heavy atom. The molecular weight excluding hydrogens is 324 g/mol. The maximum atomic E-state index is 11.4. The van der Waals surface area contributed by atoms with Crippen molar-refractivity contribution in [3.63, 3.8) is 0 Å². The Morgan fingerprint density at radius 1 is 1.47 bits per heavy atom. The standard InChI is InChI=1S/C12H14BrClO2S/c1-8-2-3-9(6-11(8)13)12(14)10-4-5-17(15,16)7-10/h2-3,6,10,12H,4-5,7H2,1H3. The van der Waals surface area contributed by atoms with Crippen LogP contribution in [0.15, 0.2) is 22.7 Å². The summed E-state index contributed by atoms with van der Waals surface area (Å²) in [5.41, 5.74) is 2.14. The van der Waals surface area contributed by atoms with Crippen LogP contribution in [0.3, 0.4) is 0 Å². The highest BCUT2D eigenvalue weighted by Crippen LogP contribution is 2.37. The molecule has 94 valence electrons. The van der Waals surface area contributed by atoms with Crippen LogP contribution in [0.1, 0.15) is 22.9 Å². The van der Waals surface area contributed by atoms with Gasteiger partial charge in [0.05, 0.1) is 16.9 Å². The molecule has 0 spiro atoms. The first-order valence-electron chi connectivity index (χ1n) is 5.49. The number of halogens is 2. The molecule has 0 N–H and O–H groups in total. The van der Waals surface area contributed by atoms with Gasteiger partial charge in [0.2, 0.25) is 0 Å². The van der Waals surface area contributed by atoms with Gasteiger partial charge in [-0.25, -0.2) is 8.42 Å². The summed E-state index contributed by atoms with van der Waals surface area (Å²) in [6, 6.07) is 5.96. The van der Waals surface area contributed by atoms with Gasteiger partial charge >= 0.3 is 0 Å². The van der Waals surface area contributed by atoms with E-state index < -0.39 is 9.84 Å². The molecule has 1 heterocycles. The van der Waals surface area contributed by atoms with Gasteiger partial charge in [0.15, 0.2) is 9.84 Å². The minimum Gasteiger partial charge on any atom is -0.229 e. The molecule has 2 rings (SSSR count). The average molecular weight is 338 g/mol. The summed E-state index contributed by atoms with van der Waals surface area (Å²) in [6.07, 6.45) is 0.669. The summed E-state index contributed by atoms with van der Waals surface area (Å²) in [5, 5.41) is -0.218. The molecule has 1 aromatic carbocycles. The molecule has 1 fully saturated rings. The molecule has 2 nitrogen and oxygen atoms in total. The van der Waals surface area contributed by atoms with E-state index in [0.717, 1.165) is 15.6 Å². The summed E-state index contributed by atoms with van der Waals surface area (Å²) in [4.78, 5) is 0. The predicted molar refractivity (Wildman–Crippen MR) is 74.2 cm³/mol. The van der Waals surface area contributed by atoms with Crippen molar-refractivity contribution < 1.29 is 8.42 Å². The van der Waals surface area contributed by atoms with Crippen LogP contribution in [0.4, 0.5) is 0 Å². The smallest absolute Gasteiger partial charge is 0.150 e. The van der Waals surface area contributed by atoms with Crippen LogP contribution < -0.4 is 0 Å². The second-order valence-corrected chi connectivity index (χ2v) is 8.13. The van der Waals surface area contributed by atoms with Crippen LogP contribution in [-0.2, 0) is 9.84 Å². The van der Waals surface area contributed by atoms with E-state index >= 15 is 0 Å². The summed E-state index contributed by atoms with van der Waals surface area (Å²) in [7, 11) is -2.86. The Morgan fingerprint density at radius 3 is 2.71 bits per heavy atom. The monoisotopic (exact) mass is 336 g/mol. The number of hydrogen-bond donors (Lipinski definition) is 0. The van der Waals surface area contributed by atoms with Gasteiger partial charge in [0.25, 0.3) is 0 Å². The second kappa shape index (κ2) is 4.90. The first kappa shape index (κ1) is 13.4. The van der Waals surface area contributed by atoms with E-state index in [1.807, 2.05) is 25.1 Å². The maximum Gasteiger partial charge on any atom is 0.150 e. The molecule has 2 atom stereocenters. The molecule has 0 bridgehead atoms. The fourth-order valence-electron chi connectivity index (χ4n) is 2.11. The summed E-state index contributed by atoms with van der Waals surface area (Å²) in [5.74, 6) is 0.525. The molecular formula is C12H14BrClO2S. The largest absolute Gasteiger partial charge is 0.229 e. The van der Waals surface area contributed by atoms with Gasteiger partial charge in [0, 0.05) is 4.47 Å². The van der Waals surface area contributed by atoms with E-state index in [0.29, 0.717) is 6.42 Å². The van der Waals surface area contributed by atoms with Crippen molar-refractivity contribution in [1.82, 2.24) is 0 Å². The topological polar surface area (TPSA) is 34.1 Å². The van der Waals surface area contributed by atoms with Gasteiger partial charge in [0.1, 0.15) is 0 Å². The van der Waals surface area contributed by atoms with Crippen molar-refractivity contribution in [2.45, 2.75) is 18.7 Å². The van der Waals surface area contributed by atoms with Crippen molar-refractivity contribution in [1.29, 1.82) is 0 Å². The molecule has 0 aliphatic carbocycles. The Labute approximate surface area is 115 Å². The van der Waals surface area contributed by atoms with E-state index in [1.165, 1.54) is 0 Å². The van der Waals surface area contributed by atoms with Gasteiger partial charge in [-0.3, -0.25) is 0 Å². The number of sulfone groups is 1. The van der Waals surface area contributed by atoms with Crippen LogP contribution in [0, 0.1) is 12.8 Å². The third kappa shape index (κ3) is 3.04. The van der Waals surface area contributed by atoms with E-state index in [-0.39, 0.29) is 22.8 Å². The molecule has 0 amide bonds. The quantitative estimate of drug-likeness (QED) is 0.774. The van der Waals surface area contributed by atoms with Crippen molar-refractivity contribution in [2.24, 2.45) is 5.92 Å². The van der Waals surface area contributed by atoms with Gasteiger partial charge < -0.3 is 0 Å². The molecule has 0 aromatic heterocycles. The molecule has 0 saturated carbocycles. The normalized spacial score (nSPS) is 24.8. The Bertz CT molecular complexity index is 527. The van der Waals surface area contributed by atoms with Crippen molar-refractivity contribution in [2.75, 3.05) is 11.5 Å². The Balaban J connectivity index is 2.20. The lowest BCUT2D eigenvalue weighted by molar-refractivity contribution is 0.568. The minimum absolute atomic E-state index is 0.0382. The summed E-state index contributed by atoms with van der Waals surface area (Å²) in [6.45, 7) is 2.01. The second-order valence-electron chi connectivity index (χ2n) is 4.57. The van der Waals surface area contributed by atoms with Crippen LogP contribution in [0.25, 0.3) is 0 Å². The fraction of sp³-hybridized carbons (Fsp3) is 0.500. The van der Waals surface area contributed by atoms with Crippen LogP contribution in [-0.4, -0.2) is 19.9 Å². The summed E-state index contributed by atoms with van der Waals surface area (Å²) >= 11 is 9.85. The zero-order valence-electron chi connectivity index (χ0n) is 9.49. The lowest BCUT2D eigenvalue weighted by Gasteiger charge is -2.16. The van der Waals surface area contributed by atoms with Crippen molar-refractivity contribution in [3.05, 3.63) is 33.8 Å². The predicted octanol–water partition coefficient (Wildman–Crippen LogP) is 3.47. The summed E-state index contributed by atoms with van der Waals surface area (Å²) < 4.78 is 23.9. The molecule has 2 unspecified atom stereocenters. The molecule has 1 aromatic rings. The van der Waals surface area contributed by atoms with Gasteiger partial charge in [-0.1, -0.05) is 28.1 Å². The lowest BCUT2D eigenvalue weighted by atomic mass is 9.97. The van der Waals surface area contributed by atoms with Gasteiger partial charge in [-0.15, -0.1) is 11.6 Å². The minimum atomic E-state index is -2.86. The number of hydrogen-bond acceptors (Lipinski definition) is 2. The molecule has 5 heteroatoms. The van der Waals surface area contributed by atoms with Crippen LogP contribution in [0.5, 0.6) is 0 Å². The van der Waals surface area contributed by atoms with Crippen molar-refractivity contribution >= 4 is 37.4 Å². The first-order chi connectivity index (χ1) is 7.89. The molecule has 1 saturated heterocycles. The first-order valence-corrected chi connectivity index (χ1v) is 8.55. The van der Waals surface area contributed by atoms with E-state index in [4.69, 9.17) is 11.6 Å².